The first kappa shape index (κ1) is 8.20. The molecule has 1 rings (SSSR count). The summed E-state index contributed by atoms with van der Waals surface area (Å²) in [7, 11) is 1.94. The maximum Gasteiger partial charge on any atom is 0.132 e. The van der Waals surface area contributed by atoms with Crippen LogP contribution in [0.4, 0.5) is 0 Å². The average molecular weight is 154 g/mol. The second kappa shape index (κ2) is 3.48. The van der Waals surface area contributed by atoms with Crippen molar-refractivity contribution in [2.75, 3.05) is 6.54 Å². The van der Waals surface area contributed by atoms with E-state index < -0.39 is 0 Å². The van der Waals surface area contributed by atoms with Gasteiger partial charge in [-0.15, -0.1) is 10.2 Å². The predicted octanol–water partition coefficient (Wildman–Crippen LogP) is -0.0476. The third kappa shape index (κ3) is 2.01. The topological polar surface area (TPSA) is 56.7 Å². The summed E-state index contributed by atoms with van der Waals surface area (Å²) in [6.07, 6.45) is 2.62. The van der Waals surface area contributed by atoms with Gasteiger partial charge in [-0.05, 0) is 12.5 Å². The molecule has 4 heteroatoms. The number of hydrogen-bond acceptors (Lipinski definition) is 3. The molecule has 2 N–H and O–H groups in total. The van der Waals surface area contributed by atoms with E-state index in [-0.39, 0.29) is 0 Å². The molecule has 11 heavy (non-hydrogen) atoms. The van der Waals surface area contributed by atoms with Crippen molar-refractivity contribution in [3.05, 3.63) is 12.2 Å². The molecule has 62 valence electrons. The van der Waals surface area contributed by atoms with Crippen LogP contribution in [0.3, 0.4) is 0 Å². The molecule has 0 saturated heterocycles. The summed E-state index contributed by atoms with van der Waals surface area (Å²) in [5.41, 5.74) is 5.48. The van der Waals surface area contributed by atoms with Crippen LogP contribution in [-0.4, -0.2) is 21.3 Å². The lowest BCUT2D eigenvalue weighted by Gasteiger charge is -2.05. The van der Waals surface area contributed by atoms with Gasteiger partial charge in [0.2, 0.25) is 0 Å². The van der Waals surface area contributed by atoms with E-state index in [9.17, 15) is 0 Å². The number of nitrogens with two attached hydrogens (primary N) is 1. The molecule has 0 amide bonds. The summed E-state index contributed by atoms with van der Waals surface area (Å²) >= 11 is 0. The lowest BCUT2D eigenvalue weighted by atomic mass is 10.1. The van der Waals surface area contributed by atoms with Crippen LogP contribution in [0.15, 0.2) is 6.33 Å². The molecule has 0 aliphatic heterocycles. The standard InChI is InChI=1S/C7H14N4/c1-6(4-8)3-7-10-9-5-11(7)2/h5-6H,3-4,8H2,1-2H3. The van der Waals surface area contributed by atoms with Crippen molar-refractivity contribution in [3.8, 4) is 0 Å². The highest BCUT2D eigenvalue weighted by Crippen LogP contribution is 2.01. The van der Waals surface area contributed by atoms with Crippen LogP contribution >= 0.6 is 0 Å². The molecule has 0 aromatic carbocycles. The van der Waals surface area contributed by atoms with Gasteiger partial charge < -0.3 is 10.3 Å². The molecule has 1 aromatic rings. The van der Waals surface area contributed by atoms with E-state index >= 15 is 0 Å². The van der Waals surface area contributed by atoms with Crippen molar-refractivity contribution in [2.24, 2.45) is 18.7 Å². The third-order valence-corrected chi connectivity index (χ3v) is 1.74. The monoisotopic (exact) mass is 154 g/mol. The molecule has 0 spiro atoms. The van der Waals surface area contributed by atoms with Crippen LogP contribution in [0.5, 0.6) is 0 Å². The number of hydrogen-bond donors (Lipinski definition) is 1. The first-order chi connectivity index (χ1) is 5.24. The van der Waals surface area contributed by atoms with Gasteiger partial charge in [-0.3, -0.25) is 0 Å². The fourth-order valence-electron chi connectivity index (χ4n) is 0.887. The minimum atomic E-state index is 0.484. The molecule has 0 aliphatic carbocycles. The Morgan fingerprint density at radius 3 is 2.91 bits per heavy atom. The third-order valence-electron chi connectivity index (χ3n) is 1.74. The molecule has 1 aromatic heterocycles. The maximum atomic E-state index is 5.48. The minimum absolute atomic E-state index is 0.484. The smallest absolute Gasteiger partial charge is 0.132 e. The SMILES string of the molecule is CC(CN)Cc1nncn1C. The fraction of sp³-hybridized carbons (Fsp3) is 0.714. The molecule has 1 unspecified atom stereocenters. The van der Waals surface area contributed by atoms with Gasteiger partial charge in [0.25, 0.3) is 0 Å². The number of aromatic nitrogens is 3. The molecule has 0 fully saturated rings. The Balaban J connectivity index is 2.56. The minimum Gasteiger partial charge on any atom is -0.330 e. The first-order valence-corrected chi connectivity index (χ1v) is 3.77. The summed E-state index contributed by atoms with van der Waals surface area (Å²) < 4.78 is 1.92. The zero-order valence-corrected chi connectivity index (χ0v) is 6.99. The van der Waals surface area contributed by atoms with E-state index in [4.69, 9.17) is 5.73 Å². The van der Waals surface area contributed by atoms with Crippen molar-refractivity contribution in [3.63, 3.8) is 0 Å². The second-order valence-electron chi connectivity index (χ2n) is 2.90. The fourth-order valence-corrected chi connectivity index (χ4v) is 0.887. The van der Waals surface area contributed by atoms with Crippen LogP contribution in [0.25, 0.3) is 0 Å². The summed E-state index contributed by atoms with van der Waals surface area (Å²) in [4.78, 5) is 0. The van der Waals surface area contributed by atoms with Crippen LogP contribution in [0, 0.1) is 5.92 Å². The van der Waals surface area contributed by atoms with Crippen LogP contribution in [-0.2, 0) is 13.5 Å². The first-order valence-electron chi connectivity index (χ1n) is 3.77. The molecule has 4 nitrogen and oxygen atoms in total. The normalized spacial score (nSPS) is 13.4. The van der Waals surface area contributed by atoms with E-state index in [2.05, 4.69) is 17.1 Å². The predicted molar refractivity (Wildman–Crippen MR) is 42.9 cm³/mol. The van der Waals surface area contributed by atoms with E-state index in [1.54, 1.807) is 6.33 Å². The Bertz CT molecular complexity index is 218. The van der Waals surface area contributed by atoms with E-state index in [0.717, 1.165) is 12.2 Å². The lowest BCUT2D eigenvalue weighted by molar-refractivity contribution is 0.560. The number of aryl methyl sites for hydroxylation is 1. The van der Waals surface area contributed by atoms with Crippen molar-refractivity contribution < 1.29 is 0 Å². The molecule has 0 bridgehead atoms. The van der Waals surface area contributed by atoms with Gasteiger partial charge in [-0.2, -0.15) is 0 Å². The van der Waals surface area contributed by atoms with Crippen molar-refractivity contribution in [1.29, 1.82) is 0 Å². The number of nitrogens with zero attached hydrogens (tertiary/aromatic N) is 3. The Hall–Kier alpha value is -0.900. The molecule has 1 atom stereocenters. The van der Waals surface area contributed by atoms with Crippen molar-refractivity contribution in [2.45, 2.75) is 13.3 Å². The zero-order chi connectivity index (χ0) is 8.27. The highest BCUT2D eigenvalue weighted by molar-refractivity contribution is 4.85. The highest BCUT2D eigenvalue weighted by Gasteiger charge is 2.05. The van der Waals surface area contributed by atoms with Gasteiger partial charge in [0, 0.05) is 13.5 Å². The van der Waals surface area contributed by atoms with Gasteiger partial charge in [-0.25, -0.2) is 0 Å². The second-order valence-corrected chi connectivity index (χ2v) is 2.90. The highest BCUT2D eigenvalue weighted by atomic mass is 15.2. The van der Waals surface area contributed by atoms with Gasteiger partial charge in [-0.1, -0.05) is 6.92 Å². The van der Waals surface area contributed by atoms with Crippen LogP contribution in [0.2, 0.25) is 0 Å². The van der Waals surface area contributed by atoms with Crippen LogP contribution < -0.4 is 5.73 Å². The van der Waals surface area contributed by atoms with Crippen LogP contribution in [0.1, 0.15) is 12.7 Å². The Labute approximate surface area is 66.4 Å². The Morgan fingerprint density at radius 2 is 2.45 bits per heavy atom. The summed E-state index contributed by atoms with van der Waals surface area (Å²) in [5.74, 6) is 1.49. The molecule has 1 heterocycles. The van der Waals surface area contributed by atoms with E-state index in [1.807, 2.05) is 11.6 Å². The van der Waals surface area contributed by atoms with Gasteiger partial charge in [0.1, 0.15) is 12.2 Å². The summed E-state index contributed by atoms with van der Waals surface area (Å²) in [6, 6.07) is 0. The molecule has 0 saturated carbocycles. The maximum absolute atomic E-state index is 5.48. The largest absolute Gasteiger partial charge is 0.330 e. The molecular weight excluding hydrogens is 140 g/mol. The van der Waals surface area contributed by atoms with E-state index in [0.29, 0.717) is 12.5 Å². The summed E-state index contributed by atoms with van der Waals surface area (Å²) in [5, 5.41) is 7.74. The Kier molecular flexibility index (Phi) is 2.59. The van der Waals surface area contributed by atoms with Gasteiger partial charge in [0.15, 0.2) is 0 Å². The summed E-state index contributed by atoms with van der Waals surface area (Å²) in [6.45, 7) is 2.81. The van der Waals surface area contributed by atoms with Crippen molar-refractivity contribution >= 4 is 0 Å². The molecule has 0 radical (unpaired) electrons. The molecule has 0 aliphatic rings. The quantitative estimate of drug-likeness (QED) is 0.664. The average Bonchev–Trinajstić information content (AvgIpc) is 2.37. The zero-order valence-electron chi connectivity index (χ0n) is 6.99. The number of rotatable bonds is 3. The van der Waals surface area contributed by atoms with Gasteiger partial charge >= 0.3 is 0 Å². The lowest BCUT2D eigenvalue weighted by Crippen LogP contribution is -2.15. The molecular formula is C7H14N4. The Morgan fingerprint density at radius 1 is 1.73 bits per heavy atom. The van der Waals surface area contributed by atoms with Gasteiger partial charge in [0.05, 0.1) is 0 Å². The van der Waals surface area contributed by atoms with Crippen molar-refractivity contribution in [1.82, 2.24) is 14.8 Å². The van der Waals surface area contributed by atoms with E-state index in [1.165, 1.54) is 0 Å².